The van der Waals surface area contributed by atoms with Crippen molar-refractivity contribution in [2.45, 2.75) is 25.9 Å². The van der Waals surface area contributed by atoms with Crippen molar-refractivity contribution in [1.29, 1.82) is 0 Å². The first-order chi connectivity index (χ1) is 8.63. The summed E-state index contributed by atoms with van der Waals surface area (Å²) >= 11 is 5.77. The van der Waals surface area contributed by atoms with Crippen LogP contribution in [0.3, 0.4) is 0 Å². The topological polar surface area (TPSA) is 43.8 Å². The second-order valence-electron chi connectivity index (χ2n) is 4.13. The Hall–Kier alpha value is -1.39. The quantitative estimate of drug-likeness (QED) is 0.925. The molecule has 2 aromatic rings. The van der Waals surface area contributed by atoms with Crippen molar-refractivity contribution in [1.82, 2.24) is 9.78 Å². The van der Waals surface area contributed by atoms with Gasteiger partial charge in [0.1, 0.15) is 5.82 Å². The number of nitrogens with two attached hydrogens (primary N) is 1. The molecule has 0 bridgehead atoms. The number of nitrogens with zero attached hydrogens (tertiary/aromatic N) is 2. The molecule has 1 atom stereocenters. The van der Waals surface area contributed by atoms with E-state index in [4.69, 9.17) is 17.3 Å². The van der Waals surface area contributed by atoms with E-state index in [1.165, 1.54) is 6.07 Å². The molecule has 0 radical (unpaired) electrons. The lowest BCUT2D eigenvalue weighted by atomic mass is 10.0. The lowest BCUT2D eigenvalue weighted by Crippen LogP contribution is -2.17. The number of rotatable bonds is 4. The van der Waals surface area contributed by atoms with Crippen molar-refractivity contribution in [2.75, 3.05) is 0 Å². The summed E-state index contributed by atoms with van der Waals surface area (Å²) in [6, 6.07) is 6.06. The molecule has 0 saturated heterocycles. The molecule has 3 nitrogen and oxygen atoms in total. The third kappa shape index (κ3) is 2.54. The van der Waals surface area contributed by atoms with Gasteiger partial charge in [0, 0.05) is 12.7 Å². The smallest absolute Gasteiger partial charge is 0.141 e. The van der Waals surface area contributed by atoms with Crippen LogP contribution in [0.4, 0.5) is 4.39 Å². The highest BCUT2D eigenvalue weighted by molar-refractivity contribution is 6.30. The second-order valence-corrected chi connectivity index (χ2v) is 4.54. The van der Waals surface area contributed by atoms with Crippen molar-refractivity contribution in [3.8, 4) is 0 Å². The van der Waals surface area contributed by atoms with Gasteiger partial charge in [0.15, 0.2) is 0 Å². The van der Waals surface area contributed by atoms with Crippen LogP contribution in [0.15, 0.2) is 30.5 Å². The Morgan fingerprint density at radius 2 is 2.22 bits per heavy atom. The molecule has 18 heavy (non-hydrogen) atoms. The summed E-state index contributed by atoms with van der Waals surface area (Å²) in [4.78, 5) is 0. The summed E-state index contributed by atoms with van der Waals surface area (Å²) in [7, 11) is 0. The van der Waals surface area contributed by atoms with Gasteiger partial charge >= 0.3 is 0 Å². The molecule has 2 rings (SSSR count). The van der Waals surface area contributed by atoms with Crippen molar-refractivity contribution >= 4 is 11.6 Å². The average Bonchev–Trinajstić information content (AvgIpc) is 2.80. The van der Waals surface area contributed by atoms with Crippen LogP contribution in [0.5, 0.6) is 0 Å². The van der Waals surface area contributed by atoms with E-state index >= 15 is 0 Å². The lowest BCUT2D eigenvalue weighted by Gasteiger charge is -2.14. The highest BCUT2D eigenvalue weighted by Crippen LogP contribution is 2.24. The largest absolute Gasteiger partial charge is 0.319 e. The molecular weight excluding hydrogens is 253 g/mol. The van der Waals surface area contributed by atoms with Gasteiger partial charge in [0.25, 0.3) is 0 Å². The van der Waals surface area contributed by atoms with Gasteiger partial charge in [0.05, 0.1) is 16.8 Å². The normalized spacial score (nSPS) is 12.7. The molecule has 0 saturated carbocycles. The van der Waals surface area contributed by atoms with E-state index < -0.39 is 5.82 Å². The Kier molecular flexibility index (Phi) is 3.99. The number of hydrogen-bond donors (Lipinski definition) is 1. The maximum atomic E-state index is 13.1. The fourth-order valence-electron chi connectivity index (χ4n) is 1.88. The van der Waals surface area contributed by atoms with Crippen LogP contribution >= 0.6 is 11.6 Å². The van der Waals surface area contributed by atoms with Crippen molar-refractivity contribution in [3.05, 3.63) is 52.6 Å². The number of benzene rings is 1. The van der Waals surface area contributed by atoms with E-state index in [-0.39, 0.29) is 11.1 Å². The van der Waals surface area contributed by atoms with Crippen LogP contribution in [-0.4, -0.2) is 9.78 Å². The number of hydrogen-bond acceptors (Lipinski definition) is 2. The van der Waals surface area contributed by atoms with Crippen molar-refractivity contribution in [2.24, 2.45) is 5.73 Å². The molecule has 1 aromatic carbocycles. The molecule has 0 aliphatic heterocycles. The van der Waals surface area contributed by atoms with E-state index in [1.807, 2.05) is 10.7 Å². The highest BCUT2D eigenvalue weighted by atomic mass is 35.5. The molecule has 0 aliphatic carbocycles. The summed E-state index contributed by atoms with van der Waals surface area (Å²) in [5.41, 5.74) is 7.85. The summed E-state index contributed by atoms with van der Waals surface area (Å²) in [6.07, 6.45) is 2.70. The van der Waals surface area contributed by atoms with Gasteiger partial charge in [-0.3, -0.25) is 4.68 Å². The first-order valence-electron chi connectivity index (χ1n) is 5.85. The van der Waals surface area contributed by atoms with E-state index in [0.717, 1.165) is 24.2 Å². The predicted molar refractivity (Wildman–Crippen MR) is 70.0 cm³/mol. The van der Waals surface area contributed by atoms with Crippen molar-refractivity contribution in [3.63, 3.8) is 0 Å². The Morgan fingerprint density at radius 1 is 1.44 bits per heavy atom. The maximum absolute atomic E-state index is 13.1. The highest BCUT2D eigenvalue weighted by Gasteiger charge is 2.15. The molecule has 0 amide bonds. The Bertz CT molecular complexity index is 539. The number of halogens is 2. The lowest BCUT2D eigenvalue weighted by molar-refractivity contribution is 0.559. The van der Waals surface area contributed by atoms with Crippen LogP contribution in [0.25, 0.3) is 0 Å². The van der Waals surface area contributed by atoms with Gasteiger partial charge in [-0.1, -0.05) is 24.6 Å². The monoisotopic (exact) mass is 267 g/mol. The van der Waals surface area contributed by atoms with Crippen LogP contribution in [0.1, 0.15) is 30.6 Å². The van der Waals surface area contributed by atoms with E-state index in [1.54, 1.807) is 18.3 Å². The van der Waals surface area contributed by atoms with Gasteiger partial charge in [-0.25, -0.2) is 4.39 Å². The zero-order chi connectivity index (χ0) is 13.1. The molecule has 1 heterocycles. The van der Waals surface area contributed by atoms with E-state index in [9.17, 15) is 4.39 Å². The minimum atomic E-state index is -0.435. The average molecular weight is 268 g/mol. The Balaban J connectivity index is 2.32. The summed E-state index contributed by atoms with van der Waals surface area (Å²) in [5.74, 6) is -0.435. The van der Waals surface area contributed by atoms with Gasteiger partial charge in [-0.15, -0.1) is 0 Å². The first-order valence-corrected chi connectivity index (χ1v) is 6.23. The molecule has 0 aliphatic rings. The van der Waals surface area contributed by atoms with Crippen molar-refractivity contribution < 1.29 is 4.39 Å². The molecule has 1 unspecified atom stereocenters. The fraction of sp³-hybridized carbons (Fsp3) is 0.308. The van der Waals surface area contributed by atoms with Gasteiger partial charge in [0.2, 0.25) is 0 Å². The number of aryl methyl sites for hydroxylation is 1. The molecular formula is C13H15ClFN3. The van der Waals surface area contributed by atoms with Gasteiger partial charge in [-0.2, -0.15) is 5.10 Å². The molecule has 0 spiro atoms. The minimum absolute atomic E-state index is 0.0875. The van der Waals surface area contributed by atoms with Crippen LogP contribution in [0.2, 0.25) is 5.02 Å². The fourth-order valence-corrected chi connectivity index (χ4v) is 2.07. The maximum Gasteiger partial charge on any atom is 0.141 e. The third-order valence-corrected chi connectivity index (χ3v) is 3.10. The zero-order valence-corrected chi connectivity index (χ0v) is 10.9. The zero-order valence-electron chi connectivity index (χ0n) is 10.1. The summed E-state index contributed by atoms with van der Waals surface area (Å²) in [5, 5.41) is 4.31. The summed E-state index contributed by atoms with van der Waals surface area (Å²) < 4.78 is 15.0. The van der Waals surface area contributed by atoms with E-state index in [2.05, 4.69) is 12.0 Å². The second kappa shape index (κ2) is 5.50. The Labute approximate surface area is 110 Å². The van der Waals surface area contributed by atoms with Crippen LogP contribution in [0, 0.1) is 5.82 Å². The van der Waals surface area contributed by atoms with Crippen LogP contribution < -0.4 is 5.73 Å². The van der Waals surface area contributed by atoms with Gasteiger partial charge in [-0.05, 0) is 30.2 Å². The van der Waals surface area contributed by atoms with Crippen LogP contribution in [-0.2, 0) is 6.54 Å². The third-order valence-electron chi connectivity index (χ3n) is 2.81. The molecule has 96 valence electrons. The first kappa shape index (κ1) is 13.1. The van der Waals surface area contributed by atoms with E-state index in [0.29, 0.717) is 0 Å². The summed E-state index contributed by atoms with van der Waals surface area (Å²) in [6.45, 7) is 2.89. The SMILES string of the molecule is CCCn1nccc1C(N)c1ccc(F)c(Cl)c1. The predicted octanol–water partition coefficient (Wildman–Crippen LogP) is 3.13. The molecule has 2 N–H and O–H groups in total. The Morgan fingerprint density at radius 3 is 2.89 bits per heavy atom. The molecule has 0 fully saturated rings. The molecule has 5 heteroatoms. The minimum Gasteiger partial charge on any atom is -0.319 e. The van der Waals surface area contributed by atoms with Gasteiger partial charge < -0.3 is 5.73 Å². The molecule has 1 aromatic heterocycles. The standard InChI is InChI=1S/C13H15ClFN3/c1-2-7-18-12(5-6-17-18)13(16)9-3-4-11(15)10(14)8-9/h3-6,8,13H,2,7,16H2,1H3. The number of aromatic nitrogens is 2.